The minimum atomic E-state index is 0.649. The predicted molar refractivity (Wildman–Crippen MR) is 66.9 cm³/mol. The van der Waals surface area contributed by atoms with E-state index in [9.17, 15) is 0 Å². The van der Waals surface area contributed by atoms with E-state index in [4.69, 9.17) is 9.47 Å². The zero-order valence-corrected chi connectivity index (χ0v) is 10.3. The molecule has 0 aromatic carbocycles. The molecule has 0 bridgehead atoms. The molecule has 0 saturated carbocycles. The zero-order chi connectivity index (χ0) is 12.1. The maximum absolute atomic E-state index is 5.33. The van der Waals surface area contributed by atoms with Gasteiger partial charge in [0.1, 0.15) is 0 Å². The van der Waals surface area contributed by atoms with Crippen LogP contribution in [0.3, 0.4) is 0 Å². The van der Waals surface area contributed by atoms with Gasteiger partial charge in [0.2, 0.25) is 0 Å². The monoisotopic (exact) mass is 229 g/mol. The second-order valence-electron chi connectivity index (χ2n) is 3.13. The molecule has 5 nitrogen and oxygen atoms in total. The number of rotatable bonds is 9. The van der Waals surface area contributed by atoms with Gasteiger partial charge in [-0.2, -0.15) is 0 Å². The number of nitrogens with zero attached hydrogens (tertiary/aromatic N) is 1. The molecule has 0 fully saturated rings. The molecule has 0 amide bonds. The highest BCUT2D eigenvalue weighted by molar-refractivity contribution is 5.79. The Kier molecular flexibility index (Phi) is 11.2. The zero-order valence-electron chi connectivity index (χ0n) is 10.3. The molecule has 16 heavy (non-hydrogen) atoms. The number of hydrogen-bond donors (Lipinski definition) is 2. The Morgan fingerprint density at radius 3 is 2.75 bits per heavy atom. The standard InChI is InChI=1S/C11H23N3O2/c1-4-6-13-11(12-2)14-7-5-8-16-10-9-15-3/h4H,1,5-10H2,2-3H3,(H2,12,13,14). The van der Waals surface area contributed by atoms with E-state index in [0.717, 1.165) is 25.5 Å². The molecule has 0 aromatic rings. The molecule has 0 rings (SSSR count). The summed E-state index contributed by atoms with van der Waals surface area (Å²) in [5.41, 5.74) is 0. The van der Waals surface area contributed by atoms with Crippen molar-refractivity contribution in [3.05, 3.63) is 12.7 Å². The van der Waals surface area contributed by atoms with Gasteiger partial charge < -0.3 is 20.1 Å². The van der Waals surface area contributed by atoms with E-state index >= 15 is 0 Å². The first-order chi connectivity index (χ1) is 7.85. The minimum absolute atomic E-state index is 0.649. The highest BCUT2D eigenvalue weighted by Crippen LogP contribution is 1.82. The molecule has 0 heterocycles. The van der Waals surface area contributed by atoms with Crippen molar-refractivity contribution >= 4 is 5.96 Å². The first-order valence-electron chi connectivity index (χ1n) is 5.47. The number of ether oxygens (including phenoxy) is 2. The summed E-state index contributed by atoms with van der Waals surface area (Å²) in [6, 6.07) is 0. The Labute approximate surface area is 97.9 Å². The van der Waals surface area contributed by atoms with Crippen LogP contribution in [0.15, 0.2) is 17.6 Å². The fourth-order valence-electron chi connectivity index (χ4n) is 1.01. The molecule has 0 aliphatic rings. The average molecular weight is 229 g/mol. The molecule has 0 unspecified atom stereocenters. The second-order valence-corrected chi connectivity index (χ2v) is 3.13. The van der Waals surface area contributed by atoms with E-state index in [2.05, 4.69) is 22.2 Å². The number of methoxy groups -OCH3 is 1. The maximum Gasteiger partial charge on any atom is 0.191 e. The van der Waals surface area contributed by atoms with Gasteiger partial charge >= 0.3 is 0 Å². The quantitative estimate of drug-likeness (QED) is 0.260. The summed E-state index contributed by atoms with van der Waals surface area (Å²) < 4.78 is 10.2. The molecular formula is C11H23N3O2. The van der Waals surface area contributed by atoms with Crippen LogP contribution in [0.5, 0.6) is 0 Å². The van der Waals surface area contributed by atoms with E-state index in [0.29, 0.717) is 19.8 Å². The Hall–Kier alpha value is -1.07. The van der Waals surface area contributed by atoms with Gasteiger partial charge in [-0.05, 0) is 6.42 Å². The smallest absolute Gasteiger partial charge is 0.191 e. The topological polar surface area (TPSA) is 54.9 Å². The van der Waals surface area contributed by atoms with Gasteiger partial charge in [-0.1, -0.05) is 6.08 Å². The van der Waals surface area contributed by atoms with Gasteiger partial charge in [-0.25, -0.2) is 0 Å². The molecule has 0 aromatic heterocycles. The van der Waals surface area contributed by atoms with Crippen LogP contribution in [0.4, 0.5) is 0 Å². The summed E-state index contributed by atoms with van der Waals surface area (Å²) in [7, 11) is 3.41. The van der Waals surface area contributed by atoms with Crippen molar-refractivity contribution in [2.24, 2.45) is 4.99 Å². The summed E-state index contributed by atoms with van der Waals surface area (Å²) in [6.07, 6.45) is 2.74. The van der Waals surface area contributed by atoms with Crippen LogP contribution in [0.2, 0.25) is 0 Å². The summed E-state index contributed by atoms with van der Waals surface area (Å²) in [5, 5.41) is 6.27. The van der Waals surface area contributed by atoms with E-state index in [-0.39, 0.29) is 0 Å². The lowest BCUT2D eigenvalue weighted by Gasteiger charge is -2.10. The van der Waals surface area contributed by atoms with Crippen LogP contribution >= 0.6 is 0 Å². The third-order valence-electron chi connectivity index (χ3n) is 1.83. The van der Waals surface area contributed by atoms with Gasteiger partial charge in [0.25, 0.3) is 0 Å². The fraction of sp³-hybridized carbons (Fsp3) is 0.727. The van der Waals surface area contributed by atoms with Crippen molar-refractivity contribution in [1.29, 1.82) is 0 Å². The van der Waals surface area contributed by atoms with Crippen molar-refractivity contribution < 1.29 is 9.47 Å². The molecule has 0 radical (unpaired) electrons. The van der Waals surface area contributed by atoms with Crippen molar-refractivity contribution in [1.82, 2.24) is 10.6 Å². The first-order valence-corrected chi connectivity index (χ1v) is 5.47. The van der Waals surface area contributed by atoms with E-state index in [1.165, 1.54) is 0 Å². The van der Waals surface area contributed by atoms with Crippen molar-refractivity contribution in [2.45, 2.75) is 6.42 Å². The highest BCUT2D eigenvalue weighted by Gasteiger charge is 1.94. The summed E-state index contributed by atoms with van der Waals surface area (Å²) in [5.74, 6) is 0.789. The molecule has 2 N–H and O–H groups in total. The predicted octanol–water partition coefficient (Wildman–Crippen LogP) is 0.391. The highest BCUT2D eigenvalue weighted by atomic mass is 16.5. The molecule has 0 spiro atoms. The van der Waals surface area contributed by atoms with E-state index in [1.807, 2.05) is 0 Å². The van der Waals surface area contributed by atoms with Crippen LogP contribution < -0.4 is 10.6 Å². The molecular weight excluding hydrogens is 206 g/mol. The fourth-order valence-corrected chi connectivity index (χ4v) is 1.01. The number of hydrogen-bond acceptors (Lipinski definition) is 3. The second kappa shape index (κ2) is 12.0. The van der Waals surface area contributed by atoms with E-state index < -0.39 is 0 Å². The third kappa shape index (κ3) is 9.48. The molecule has 0 atom stereocenters. The van der Waals surface area contributed by atoms with Crippen LogP contribution in [-0.2, 0) is 9.47 Å². The molecule has 0 aliphatic carbocycles. The van der Waals surface area contributed by atoms with Crippen LogP contribution in [0.1, 0.15) is 6.42 Å². The normalized spacial score (nSPS) is 11.2. The van der Waals surface area contributed by atoms with Crippen LogP contribution in [0, 0.1) is 0 Å². The third-order valence-corrected chi connectivity index (χ3v) is 1.83. The van der Waals surface area contributed by atoms with Crippen LogP contribution in [0.25, 0.3) is 0 Å². The molecule has 94 valence electrons. The Balaban J connectivity index is 3.31. The van der Waals surface area contributed by atoms with Crippen molar-refractivity contribution in [3.8, 4) is 0 Å². The van der Waals surface area contributed by atoms with Gasteiger partial charge in [0.05, 0.1) is 13.2 Å². The minimum Gasteiger partial charge on any atom is -0.382 e. The Morgan fingerprint density at radius 2 is 2.12 bits per heavy atom. The van der Waals surface area contributed by atoms with Crippen molar-refractivity contribution in [3.63, 3.8) is 0 Å². The van der Waals surface area contributed by atoms with Crippen molar-refractivity contribution in [2.75, 3.05) is 47.1 Å². The molecule has 0 saturated heterocycles. The SMILES string of the molecule is C=CCNC(=NC)NCCCOCCOC. The Bertz CT molecular complexity index is 196. The number of aliphatic imine (C=N–C) groups is 1. The summed E-state index contributed by atoms with van der Waals surface area (Å²) >= 11 is 0. The van der Waals surface area contributed by atoms with E-state index in [1.54, 1.807) is 20.2 Å². The summed E-state index contributed by atoms with van der Waals surface area (Å²) in [4.78, 5) is 4.06. The van der Waals surface area contributed by atoms with Gasteiger partial charge in [-0.15, -0.1) is 6.58 Å². The molecule has 5 heteroatoms. The number of nitrogens with one attached hydrogen (secondary N) is 2. The van der Waals surface area contributed by atoms with Gasteiger partial charge in [-0.3, -0.25) is 4.99 Å². The Morgan fingerprint density at radius 1 is 1.31 bits per heavy atom. The van der Waals surface area contributed by atoms with Crippen LogP contribution in [-0.4, -0.2) is 53.0 Å². The first kappa shape index (κ1) is 14.9. The average Bonchev–Trinajstić information content (AvgIpc) is 2.32. The summed E-state index contributed by atoms with van der Waals surface area (Å²) in [6.45, 7) is 7.21. The number of guanidine groups is 1. The largest absolute Gasteiger partial charge is 0.382 e. The lowest BCUT2D eigenvalue weighted by atomic mass is 10.4. The lowest BCUT2D eigenvalue weighted by molar-refractivity contribution is 0.0698. The maximum atomic E-state index is 5.33. The van der Waals surface area contributed by atoms with Gasteiger partial charge in [0.15, 0.2) is 5.96 Å². The lowest BCUT2D eigenvalue weighted by Crippen LogP contribution is -2.38. The molecule has 0 aliphatic heterocycles. The van der Waals surface area contributed by atoms with Gasteiger partial charge in [0, 0.05) is 33.9 Å².